The van der Waals surface area contributed by atoms with Crippen LogP contribution in [0.5, 0.6) is 5.75 Å². The third-order valence-corrected chi connectivity index (χ3v) is 9.80. The second kappa shape index (κ2) is 15.1. The summed E-state index contributed by atoms with van der Waals surface area (Å²) in [5, 5.41) is 0.631. The van der Waals surface area contributed by atoms with Crippen LogP contribution in [0.3, 0.4) is 0 Å². The van der Waals surface area contributed by atoms with E-state index >= 15 is 0 Å². The molecule has 0 N–H and O–H groups in total. The van der Waals surface area contributed by atoms with Crippen LogP contribution in [0.1, 0.15) is 64.8 Å². The molecular weight excluding hydrogens is 651 g/mol. The lowest BCUT2D eigenvalue weighted by atomic mass is 10.0. The Kier molecular flexibility index (Phi) is 11.1. The van der Waals surface area contributed by atoms with Crippen LogP contribution in [0.15, 0.2) is 66.7 Å². The van der Waals surface area contributed by atoms with E-state index in [1.807, 2.05) is 6.92 Å². The van der Waals surface area contributed by atoms with Crippen LogP contribution in [-0.2, 0) is 28.7 Å². The van der Waals surface area contributed by atoms with Gasteiger partial charge in [-0.15, -0.1) is 11.3 Å². The number of alkyl halides is 3. The molecule has 0 spiro atoms. The number of aromatic nitrogens is 1. The highest BCUT2D eigenvalue weighted by molar-refractivity contribution is 7.15. The first-order valence-electron chi connectivity index (χ1n) is 16.4. The molecule has 1 aliphatic rings. The normalized spacial score (nSPS) is 14.2. The van der Waals surface area contributed by atoms with Crippen LogP contribution >= 0.6 is 11.3 Å². The van der Waals surface area contributed by atoms with Gasteiger partial charge in [0.2, 0.25) is 0 Å². The monoisotopic (exact) mass is 693 g/mol. The summed E-state index contributed by atoms with van der Waals surface area (Å²) in [4.78, 5) is 36.3. The van der Waals surface area contributed by atoms with Gasteiger partial charge in [-0.3, -0.25) is 9.69 Å². The molecule has 1 aliphatic heterocycles. The number of piperazine rings is 1. The Morgan fingerprint density at radius 2 is 1.59 bits per heavy atom. The van der Waals surface area contributed by atoms with E-state index in [-0.39, 0.29) is 18.8 Å². The number of aryl methyl sites for hydroxylation is 3. The molecule has 1 aromatic heterocycles. The van der Waals surface area contributed by atoms with Gasteiger partial charge >= 0.3 is 12.1 Å². The molecule has 2 heterocycles. The fraction of sp³-hybridized carbons (Fsp3) is 0.395. The van der Waals surface area contributed by atoms with Crippen LogP contribution in [-0.4, -0.2) is 60.0 Å². The summed E-state index contributed by atoms with van der Waals surface area (Å²) in [6.45, 7) is 13.1. The molecule has 0 radical (unpaired) electrons. The van der Waals surface area contributed by atoms with Crippen LogP contribution in [0.2, 0.25) is 0 Å². The van der Waals surface area contributed by atoms with Crippen molar-refractivity contribution in [2.75, 3.05) is 37.7 Å². The predicted molar refractivity (Wildman–Crippen MR) is 186 cm³/mol. The summed E-state index contributed by atoms with van der Waals surface area (Å²) in [6, 6.07) is 18.7. The van der Waals surface area contributed by atoms with E-state index in [0.29, 0.717) is 34.8 Å². The van der Waals surface area contributed by atoms with Gasteiger partial charge < -0.3 is 14.4 Å². The minimum Gasteiger partial charge on any atom is -0.476 e. The Hall–Kier alpha value is -4.22. The van der Waals surface area contributed by atoms with E-state index < -0.39 is 23.3 Å². The number of thiazole rings is 1. The van der Waals surface area contributed by atoms with Gasteiger partial charge in [0, 0.05) is 60.8 Å². The van der Waals surface area contributed by atoms with Gasteiger partial charge in [-0.2, -0.15) is 13.2 Å². The lowest BCUT2D eigenvalue weighted by molar-refractivity contribution is -0.158. The van der Waals surface area contributed by atoms with Crippen molar-refractivity contribution in [2.45, 2.75) is 65.8 Å². The zero-order valence-corrected chi connectivity index (χ0v) is 29.3. The summed E-state index contributed by atoms with van der Waals surface area (Å²) in [6.07, 6.45) is -3.74. The lowest BCUT2D eigenvalue weighted by Gasteiger charge is -2.36. The van der Waals surface area contributed by atoms with Crippen molar-refractivity contribution in [3.63, 3.8) is 0 Å². The average molecular weight is 694 g/mol. The average Bonchev–Trinajstić information content (AvgIpc) is 3.47. The first-order valence-corrected chi connectivity index (χ1v) is 17.3. The summed E-state index contributed by atoms with van der Waals surface area (Å²) >= 11 is 1.42. The number of benzene rings is 3. The molecule has 5 rings (SSSR count). The van der Waals surface area contributed by atoms with Gasteiger partial charge in [0.15, 0.2) is 11.4 Å². The quantitative estimate of drug-likeness (QED) is 0.109. The van der Waals surface area contributed by atoms with Gasteiger partial charge in [-0.05, 0) is 89.1 Å². The van der Waals surface area contributed by atoms with E-state index in [9.17, 15) is 22.8 Å². The lowest BCUT2D eigenvalue weighted by Crippen LogP contribution is -2.46. The minimum atomic E-state index is -4.42. The molecule has 1 saturated heterocycles. The molecule has 1 fully saturated rings. The topological polar surface area (TPSA) is 72.0 Å². The van der Waals surface area contributed by atoms with E-state index in [4.69, 9.17) is 14.5 Å². The Labute approximate surface area is 289 Å². The van der Waals surface area contributed by atoms with Gasteiger partial charge in [0.05, 0.1) is 17.9 Å². The highest BCUT2D eigenvalue weighted by atomic mass is 32.1. The van der Waals surface area contributed by atoms with Crippen LogP contribution < -0.4 is 9.64 Å². The van der Waals surface area contributed by atoms with E-state index in [0.717, 1.165) is 54.4 Å². The molecule has 11 heteroatoms. The second-order valence-corrected chi connectivity index (χ2v) is 13.9. The molecule has 0 unspecified atom stereocenters. The number of ketones is 1. The molecule has 0 atom stereocenters. The largest absolute Gasteiger partial charge is 0.476 e. The van der Waals surface area contributed by atoms with Crippen molar-refractivity contribution in [2.24, 2.45) is 0 Å². The Bertz CT molecular complexity index is 1760. The number of halogens is 3. The number of rotatable bonds is 12. The Morgan fingerprint density at radius 3 is 2.20 bits per heavy atom. The zero-order valence-electron chi connectivity index (χ0n) is 28.5. The highest BCUT2D eigenvalue weighted by Crippen LogP contribution is 2.34. The van der Waals surface area contributed by atoms with Crippen molar-refractivity contribution in [3.05, 3.63) is 99.6 Å². The van der Waals surface area contributed by atoms with Crippen molar-refractivity contribution in [1.29, 1.82) is 0 Å². The second-order valence-electron chi connectivity index (χ2n) is 12.8. The summed E-state index contributed by atoms with van der Waals surface area (Å²) in [5.74, 6) is -0.0387. The maximum absolute atomic E-state index is 13.4. The first kappa shape index (κ1) is 36.1. The standard InChI is InChI=1S/C38H42F3N3O4S/c1-6-47-36(46)37(4,5)48-33-17-11-28(23-26(33)3)32(45)16-18-34-31(42-35(49-34)27-9-12-29(13-10-27)38(39,40)41)24-43-19-21-44(22-20-43)30-14-7-25(2)8-15-30/h7-15,17,23H,6,16,18-22,24H2,1-5H3. The Morgan fingerprint density at radius 1 is 0.918 bits per heavy atom. The smallest absolute Gasteiger partial charge is 0.416 e. The first-order chi connectivity index (χ1) is 23.2. The summed E-state index contributed by atoms with van der Waals surface area (Å²) < 4.78 is 50.7. The van der Waals surface area contributed by atoms with Crippen molar-refractivity contribution in [3.8, 4) is 16.3 Å². The van der Waals surface area contributed by atoms with Crippen LogP contribution in [0.25, 0.3) is 10.6 Å². The fourth-order valence-corrected chi connectivity index (χ4v) is 6.76. The van der Waals surface area contributed by atoms with Crippen molar-refractivity contribution < 1.29 is 32.2 Å². The SMILES string of the molecule is CCOC(=O)C(C)(C)Oc1ccc(C(=O)CCc2sc(-c3ccc(C(F)(F)F)cc3)nc2CN2CCN(c3ccc(C)cc3)CC2)cc1C. The third kappa shape index (κ3) is 9.07. The van der Waals surface area contributed by atoms with E-state index in [1.54, 1.807) is 39.0 Å². The number of esters is 1. The van der Waals surface area contributed by atoms with Gasteiger partial charge in [-0.1, -0.05) is 29.8 Å². The number of hydrogen-bond acceptors (Lipinski definition) is 8. The van der Waals surface area contributed by atoms with Crippen molar-refractivity contribution in [1.82, 2.24) is 9.88 Å². The van der Waals surface area contributed by atoms with Gasteiger partial charge in [0.1, 0.15) is 10.8 Å². The maximum atomic E-state index is 13.4. The number of nitrogens with zero attached hydrogens (tertiary/aromatic N) is 3. The fourth-order valence-electron chi connectivity index (χ4n) is 5.69. The molecule has 0 amide bonds. The number of anilines is 1. The molecule has 0 saturated carbocycles. The molecule has 4 aromatic rings. The number of carbonyl (C=O) groups is 2. The van der Waals surface area contributed by atoms with E-state index in [1.165, 1.54) is 34.7 Å². The van der Waals surface area contributed by atoms with E-state index in [2.05, 4.69) is 41.0 Å². The third-order valence-electron chi connectivity index (χ3n) is 8.59. The number of ether oxygens (including phenoxy) is 2. The van der Waals surface area contributed by atoms with Crippen LogP contribution in [0, 0.1) is 13.8 Å². The zero-order chi connectivity index (χ0) is 35.3. The minimum absolute atomic E-state index is 0.0542. The number of hydrogen-bond donors (Lipinski definition) is 0. The molecule has 0 bridgehead atoms. The van der Waals surface area contributed by atoms with Gasteiger partial charge in [-0.25, -0.2) is 9.78 Å². The summed E-state index contributed by atoms with van der Waals surface area (Å²) in [5.41, 5.74) is 3.22. The number of Topliss-reactive ketones (excluding diaryl/α,β-unsaturated/α-hetero) is 1. The molecule has 3 aromatic carbocycles. The molecule has 0 aliphatic carbocycles. The molecular formula is C38H42F3N3O4S. The highest BCUT2D eigenvalue weighted by Gasteiger charge is 2.32. The van der Waals surface area contributed by atoms with Gasteiger partial charge in [0.25, 0.3) is 0 Å². The molecule has 49 heavy (non-hydrogen) atoms. The number of carbonyl (C=O) groups excluding carboxylic acids is 2. The summed E-state index contributed by atoms with van der Waals surface area (Å²) in [7, 11) is 0. The van der Waals surface area contributed by atoms with Crippen molar-refractivity contribution >= 4 is 28.8 Å². The molecule has 7 nitrogen and oxygen atoms in total. The van der Waals surface area contributed by atoms with Crippen LogP contribution in [0.4, 0.5) is 18.9 Å². The molecule has 260 valence electrons. The Balaban J connectivity index is 1.30. The predicted octanol–water partition coefficient (Wildman–Crippen LogP) is 8.30. The maximum Gasteiger partial charge on any atom is 0.416 e.